The Labute approximate surface area is 136 Å². The van der Waals surface area contributed by atoms with Crippen LogP contribution in [0.2, 0.25) is 0 Å². The Morgan fingerprint density at radius 3 is 2.71 bits per heavy atom. The molecule has 0 unspecified atom stereocenters. The molecule has 21 heavy (non-hydrogen) atoms. The second-order valence-electron chi connectivity index (χ2n) is 4.06. The number of hydrogen-bond acceptors (Lipinski definition) is 4. The van der Waals surface area contributed by atoms with E-state index in [4.69, 9.17) is 15.4 Å². The Balaban J connectivity index is 2.62. The maximum absolute atomic E-state index is 11.9. The molecule has 0 fully saturated rings. The first-order chi connectivity index (χ1) is 9.84. The molecule has 0 aliphatic carbocycles. The first-order valence-corrected chi connectivity index (χ1v) is 9.17. The zero-order valence-electron chi connectivity index (χ0n) is 11.1. The Hall–Kier alpha value is -0.890. The van der Waals surface area contributed by atoms with Crippen LogP contribution in [0.1, 0.15) is 16.8 Å². The molecular weight excluding hydrogens is 382 g/mol. The zero-order valence-corrected chi connectivity index (χ0v) is 14.3. The van der Waals surface area contributed by atoms with E-state index in [0.29, 0.717) is 24.2 Å². The lowest BCUT2D eigenvalue weighted by Crippen LogP contribution is -2.27. The van der Waals surface area contributed by atoms with Crippen molar-refractivity contribution >= 4 is 41.6 Å². The summed E-state index contributed by atoms with van der Waals surface area (Å²) in [4.78, 5) is 11.8. The fraction of sp³-hybridized carbons (Fsp3) is 0.308. The minimum absolute atomic E-state index is 0.133. The first kappa shape index (κ1) is 18.2. The average molecular weight is 397 g/mol. The third kappa shape index (κ3) is 6.60. The molecule has 0 spiro atoms. The molecule has 0 saturated carbocycles. The minimum atomic E-state index is -3.89. The van der Waals surface area contributed by atoms with Crippen molar-refractivity contribution in [2.24, 2.45) is 0 Å². The summed E-state index contributed by atoms with van der Waals surface area (Å²) < 4.78 is 28.3. The number of ether oxygens (including phenoxy) is 1. The largest absolute Gasteiger partial charge is 0.379 e. The predicted molar refractivity (Wildman–Crippen MR) is 85.1 cm³/mol. The lowest BCUT2D eigenvalue weighted by molar-refractivity contribution is 0.0917. The summed E-state index contributed by atoms with van der Waals surface area (Å²) in [5.74, 6) is -0.398. The molecular formula is C13H15BrClNO4S. The molecule has 0 heterocycles. The normalized spacial score (nSPS) is 11.1. The zero-order chi connectivity index (χ0) is 15.9. The molecule has 0 bridgehead atoms. The van der Waals surface area contributed by atoms with Gasteiger partial charge in [0.1, 0.15) is 0 Å². The van der Waals surface area contributed by atoms with Crippen molar-refractivity contribution in [3.8, 4) is 0 Å². The van der Waals surface area contributed by atoms with Gasteiger partial charge in [0.15, 0.2) is 0 Å². The van der Waals surface area contributed by atoms with Crippen LogP contribution < -0.4 is 5.32 Å². The highest BCUT2D eigenvalue weighted by atomic mass is 79.9. The van der Waals surface area contributed by atoms with E-state index in [9.17, 15) is 13.2 Å². The number of carbonyl (C=O) groups excluding carboxylic acids is 1. The van der Waals surface area contributed by atoms with Crippen LogP contribution in [0.4, 0.5) is 0 Å². The van der Waals surface area contributed by atoms with Gasteiger partial charge in [-0.2, -0.15) is 0 Å². The molecule has 1 N–H and O–H groups in total. The number of rotatable bonds is 8. The third-order valence-corrected chi connectivity index (χ3v) is 4.20. The number of carbonyl (C=O) groups is 1. The molecule has 0 saturated heterocycles. The van der Waals surface area contributed by atoms with Gasteiger partial charge in [-0.1, -0.05) is 22.0 Å². The molecule has 8 heteroatoms. The molecule has 0 aromatic heterocycles. The van der Waals surface area contributed by atoms with Gasteiger partial charge in [-0.15, -0.1) is 6.58 Å². The first-order valence-electron chi connectivity index (χ1n) is 6.06. The molecule has 0 atom stereocenters. The Kier molecular flexibility index (Phi) is 7.37. The van der Waals surface area contributed by atoms with Crippen LogP contribution in [0.3, 0.4) is 0 Å². The van der Waals surface area contributed by atoms with Crippen molar-refractivity contribution in [2.45, 2.75) is 11.3 Å². The van der Waals surface area contributed by atoms with E-state index in [1.165, 1.54) is 18.2 Å². The topological polar surface area (TPSA) is 72.5 Å². The molecule has 1 amide bonds. The highest BCUT2D eigenvalue weighted by Gasteiger charge is 2.15. The molecule has 1 aromatic rings. The summed E-state index contributed by atoms with van der Waals surface area (Å²) >= 11 is 3.15. The predicted octanol–water partition coefficient (Wildman–Crippen LogP) is 2.70. The number of benzene rings is 1. The molecule has 1 rings (SSSR count). The summed E-state index contributed by atoms with van der Waals surface area (Å²) in [5, 5.41) is 2.63. The van der Waals surface area contributed by atoms with Gasteiger partial charge in [0.25, 0.3) is 15.0 Å². The fourth-order valence-electron chi connectivity index (χ4n) is 1.44. The van der Waals surface area contributed by atoms with Crippen molar-refractivity contribution < 1.29 is 17.9 Å². The molecule has 5 nitrogen and oxygen atoms in total. The number of hydrogen-bond donors (Lipinski definition) is 1. The lowest BCUT2D eigenvalue weighted by atomic mass is 10.2. The maximum atomic E-state index is 11.9. The summed E-state index contributed by atoms with van der Waals surface area (Å²) in [6.07, 6.45) is 2.49. The SMILES string of the molecule is C=CCCOCCNC(=O)c1cc(Br)cc(S(=O)(=O)Cl)c1. The molecule has 0 aliphatic rings. The van der Waals surface area contributed by atoms with Crippen molar-refractivity contribution in [3.05, 3.63) is 40.9 Å². The Morgan fingerprint density at radius 2 is 2.10 bits per heavy atom. The van der Waals surface area contributed by atoms with Crippen LogP contribution in [-0.2, 0) is 13.8 Å². The Bertz CT molecular complexity index is 619. The number of amides is 1. The second kappa shape index (κ2) is 8.53. The van der Waals surface area contributed by atoms with Gasteiger partial charge in [0.05, 0.1) is 18.1 Å². The van der Waals surface area contributed by atoms with Crippen molar-refractivity contribution in [3.63, 3.8) is 0 Å². The van der Waals surface area contributed by atoms with Crippen LogP contribution in [0.15, 0.2) is 40.2 Å². The van der Waals surface area contributed by atoms with Gasteiger partial charge in [-0.3, -0.25) is 4.79 Å². The summed E-state index contributed by atoms with van der Waals surface area (Å²) in [6.45, 7) is 4.81. The van der Waals surface area contributed by atoms with Gasteiger partial charge < -0.3 is 10.1 Å². The van der Waals surface area contributed by atoms with Gasteiger partial charge in [0, 0.05) is 27.3 Å². The van der Waals surface area contributed by atoms with Crippen LogP contribution in [0.5, 0.6) is 0 Å². The molecule has 0 aliphatic heterocycles. The van der Waals surface area contributed by atoms with Gasteiger partial charge >= 0.3 is 0 Å². The third-order valence-electron chi connectivity index (χ3n) is 2.41. The van der Waals surface area contributed by atoms with E-state index in [1.54, 1.807) is 6.08 Å². The second-order valence-corrected chi connectivity index (χ2v) is 7.54. The molecule has 1 aromatic carbocycles. The lowest BCUT2D eigenvalue weighted by Gasteiger charge is -2.07. The van der Waals surface area contributed by atoms with E-state index in [0.717, 1.165) is 6.42 Å². The standard InChI is InChI=1S/C13H15BrClNO4S/c1-2-3-5-20-6-4-16-13(17)10-7-11(14)9-12(8-10)21(15,18)19/h2,7-9H,1,3-6H2,(H,16,17). The van der Waals surface area contributed by atoms with E-state index in [-0.39, 0.29) is 10.5 Å². The van der Waals surface area contributed by atoms with Crippen LogP contribution in [0, 0.1) is 0 Å². The molecule has 116 valence electrons. The van der Waals surface area contributed by atoms with E-state index < -0.39 is 15.0 Å². The Morgan fingerprint density at radius 1 is 1.38 bits per heavy atom. The van der Waals surface area contributed by atoms with Gasteiger partial charge in [-0.05, 0) is 24.6 Å². The van der Waals surface area contributed by atoms with E-state index in [2.05, 4.69) is 27.8 Å². The fourth-order valence-corrected chi connectivity index (χ4v) is 2.89. The van der Waals surface area contributed by atoms with Crippen LogP contribution >= 0.6 is 26.6 Å². The monoisotopic (exact) mass is 395 g/mol. The summed E-state index contributed by atoms with van der Waals surface area (Å²) in [6, 6.07) is 4.07. The maximum Gasteiger partial charge on any atom is 0.261 e. The van der Waals surface area contributed by atoms with E-state index in [1.807, 2.05) is 0 Å². The number of halogens is 2. The highest BCUT2D eigenvalue weighted by molar-refractivity contribution is 9.10. The van der Waals surface area contributed by atoms with Crippen molar-refractivity contribution in [2.75, 3.05) is 19.8 Å². The van der Waals surface area contributed by atoms with E-state index >= 15 is 0 Å². The quantitative estimate of drug-likeness (QED) is 0.416. The van der Waals surface area contributed by atoms with Crippen LogP contribution in [0.25, 0.3) is 0 Å². The molecule has 0 radical (unpaired) electrons. The van der Waals surface area contributed by atoms with Crippen LogP contribution in [-0.4, -0.2) is 34.1 Å². The van der Waals surface area contributed by atoms with Crippen molar-refractivity contribution in [1.82, 2.24) is 5.32 Å². The van der Waals surface area contributed by atoms with Crippen molar-refractivity contribution in [1.29, 1.82) is 0 Å². The smallest absolute Gasteiger partial charge is 0.261 e. The highest BCUT2D eigenvalue weighted by Crippen LogP contribution is 2.22. The average Bonchev–Trinajstić information content (AvgIpc) is 2.40. The minimum Gasteiger partial charge on any atom is -0.379 e. The summed E-state index contributed by atoms with van der Waals surface area (Å²) in [5.41, 5.74) is 0.203. The van der Waals surface area contributed by atoms with Gasteiger partial charge in [-0.25, -0.2) is 8.42 Å². The number of nitrogens with one attached hydrogen (secondary N) is 1. The summed E-state index contributed by atoms with van der Waals surface area (Å²) in [7, 11) is 1.39. The van der Waals surface area contributed by atoms with Gasteiger partial charge in [0.2, 0.25) is 0 Å².